The Hall–Kier alpha value is -0.730. The number of benzene rings is 1. The molecular weight excluding hydrogens is 206 g/mol. The molecule has 0 saturated carbocycles. The van der Waals surface area contributed by atoms with Gasteiger partial charge in [0.15, 0.2) is 5.13 Å². The van der Waals surface area contributed by atoms with Crippen LogP contribution in [0.1, 0.15) is 0 Å². The molecule has 1 unspecified atom stereocenters. The van der Waals surface area contributed by atoms with E-state index in [0.29, 0.717) is 19.2 Å². The van der Waals surface area contributed by atoms with Crippen LogP contribution in [0, 0.1) is 5.82 Å². The lowest BCUT2D eigenvalue weighted by Crippen LogP contribution is -1.94. The van der Waals surface area contributed by atoms with Crippen molar-refractivity contribution in [1.82, 2.24) is 4.98 Å². The van der Waals surface area contributed by atoms with Gasteiger partial charge in [-0.1, -0.05) is 26.0 Å². The van der Waals surface area contributed by atoms with Crippen LogP contribution in [0.15, 0.2) is 12.1 Å². The standard InChI is InChI=1S/C8H8FN2PS/c1-12-5-3-2-4(9)6-7(5)13-8(10)11-6/h2-3,12H,1H3,(H2,10,11). The van der Waals surface area contributed by atoms with E-state index in [1.807, 2.05) is 0 Å². The minimum absolute atomic E-state index is 0.287. The maximum Gasteiger partial charge on any atom is 0.181 e. The first-order chi connectivity index (χ1) is 6.22. The molecule has 0 amide bonds. The zero-order valence-corrected chi connectivity index (χ0v) is 8.78. The monoisotopic (exact) mass is 214 g/mol. The summed E-state index contributed by atoms with van der Waals surface area (Å²) in [6.07, 6.45) is 0. The van der Waals surface area contributed by atoms with Crippen molar-refractivity contribution >= 4 is 40.6 Å². The minimum atomic E-state index is -0.287. The van der Waals surface area contributed by atoms with Gasteiger partial charge >= 0.3 is 0 Å². The maximum atomic E-state index is 13.2. The van der Waals surface area contributed by atoms with Crippen LogP contribution in [0.2, 0.25) is 0 Å². The Morgan fingerprint density at radius 3 is 3.00 bits per heavy atom. The number of fused-ring (bicyclic) bond motifs is 1. The Labute approximate surface area is 80.8 Å². The average Bonchev–Trinajstić information content (AvgIpc) is 2.48. The van der Waals surface area contributed by atoms with Gasteiger partial charge < -0.3 is 5.73 Å². The zero-order chi connectivity index (χ0) is 9.42. The van der Waals surface area contributed by atoms with Gasteiger partial charge in [-0.05, 0) is 18.0 Å². The molecule has 5 heteroatoms. The van der Waals surface area contributed by atoms with Crippen LogP contribution in [-0.4, -0.2) is 11.6 Å². The molecule has 0 fully saturated rings. The molecule has 2 N–H and O–H groups in total. The third-order valence-corrected chi connectivity index (χ3v) is 3.83. The van der Waals surface area contributed by atoms with Crippen molar-refractivity contribution in [3.05, 3.63) is 17.9 Å². The summed E-state index contributed by atoms with van der Waals surface area (Å²) in [5, 5.41) is 1.56. The van der Waals surface area contributed by atoms with Crippen LogP contribution in [0.3, 0.4) is 0 Å². The van der Waals surface area contributed by atoms with E-state index < -0.39 is 0 Å². The molecule has 0 radical (unpaired) electrons. The summed E-state index contributed by atoms with van der Waals surface area (Å²) in [5.74, 6) is -0.287. The third-order valence-electron chi connectivity index (χ3n) is 1.78. The fraction of sp³-hybridized carbons (Fsp3) is 0.125. The molecule has 68 valence electrons. The second kappa shape index (κ2) is 3.20. The summed E-state index contributed by atoms with van der Waals surface area (Å²) in [7, 11) is 0.642. The fourth-order valence-corrected chi connectivity index (χ4v) is 3.01. The number of nitrogens with two attached hydrogens (primary N) is 1. The van der Waals surface area contributed by atoms with Gasteiger partial charge in [0.1, 0.15) is 11.3 Å². The molecule has 1 heterocycles. The molecule has 0 aliphatic rings. The number of hydrogen-bond donors (Lipinski definition) is 1. The number of hydrogen-bond acceptors (Lipinski definition) is 3. The Balaban J connectivity index is 2.83. The van der Waals surface area contributed by atoms with Crippen molar-refractivity contribution in [1.29, 1.82) is 0 Å². The summed E-state index contributed by atoms with van der Waals surface area (Å²) >= 11 is 1.35. The smallest absolute Gasteiger partial charge is 0.181 e. The lowest BCUT2D eigenvalue weighted by molar-refractivity contribution is 0.637. The molecular formula is C8H8FN2PS. The number of halogens is 1. The number of aromatic nitrogens is 1. The Kier molecular flexibility index (Phi) is 2.18. The summed E-state index contributed by atoms with van der Waals surface area (Å²) in [6.45, 7) is 2.06. The van der Waals surface area contributed by atoms with Gasteiger partial charge in [-0.15, -0.1) is 0 Å². The van der Waals surface area contributed by atoms with Crippen LogP contribution in [0.5, 0.6) is 0 Å². The van der Waals surface area contributed by atoms with Crippen molar-refractivity contribution in [3.8, 4) is 0 Å². The van der Waals surface area contributed by atoms with Crippen LogP contribution in [0.25, 0.3) is 10.2 Å². The number of nitrogens with zero attached hydrogens (tertiary/aromatic N) is 1. The number of rotatable bonds is 1. The van der Waals surface area contributed by atoms with Crippen molar-refractivity contribution in [2.45, 2.75) is 0 Å². The van der Waals surface area contributed by atoms with E-state index in [2.05, 4.69) is 11.6 Å². The highest BCUT2D eigenvalue weighted by Crippen LogP contribution is 2.27. The summed E-state index contributed by atoms with van der Waals surface area (Å²) < 4.78 is 14.1. The molecule has 2 rings (SSSR count). The van der Waals surface area contributed by atoms with Gasteiger partial charge in [-0.2, -0.15) is 0 Å². The van der Waals surface area contributed by atoms with Crippen LogP contribution in [-0.2, 0) is 0 Å². The molecule has 0 aliphatic carbocycles. The van der Waals surface area contributed by atoms with E-state index in [9.17, 15) is 4.39 Å². The van der Waals surface area contributed by atoms with E-state index in [1.54, 1.807) is 6.07 Å². The van der Waals surface area contributed by atoms with Crippen molar-refractivity contribution < 1.29 is 4.39 Å². The second-order valence-electron chi connectivity index (χ2n) is 2.57. The molecule has 13 heavy (non-hydrogen) atoms. The molecule has 2 aromatic rings. The summed E-state index contributed by atoms with van der Waals surface area (Å²) in [5.41, 5.74) is 5.94. The van der Waals surface area contributed by atoms with Gasteiger partial charge in [0.2, 0.25) is 0 Å². The maximum absolute atomic E-state index is 13.2. The van der Waals surface area contributed by atoms with Gasteiger partial charge in [0, 0.05) is 0 Å². The first-order valence-electron chi connectivity index (χ1n) is 3.74. The van der Waals surface area contributed by atoms with Crippen LogP contribution in [0.4, 0.5) is 9.52 Å². The molecule has 0 bridgehead atoms. The SMILES string of the molecule is CPc1ccc(F)c2nc(N)sc12. The first kappa shape index (κ1) is 8.85. The van der Waals surface area contributed by atoms with Gasteiger partial charge in [-0.3, -0.25) is 0 Å². The van der Waals surface area contributed by atoms with Crippen LogP contribution >= 0.6 is 19.9 Å². The Bertz CT molecular complexity index is 455. The molecule has 0 spiro atoms. The van der Waals surface area contributed by atoms with Crippen LogP contribution < -0.4 is 11.0 Å². The Morgan fingerprint density at radius 1 is 1.54 bits per heavy atom. The van der Waals surface area contributed by atoms with Gasteiger partial charge in [0.25, 0.3) is 0 Å². The molecule has 0 aliphatic heterocycles. The Morgan fingerprint density at radius 2 is 2.31 bits per heavy atom. The van der Waals surface area contributed by atoms with Gasteiger partial charge in [0.05, 0.1) is 4.70 Å². The predicted octanol–water partition coefficient (Wildman–Crippen LogP) is 1.95. The highest BCUT2D eigenvalue weighted by molar-refractivity contribution is 7.48. The highest BCUT2D eigenvalue weighted by Gasteiger charge is 2.09. The molecule has 1 atom stereocenters. The number of nitrogen functional groups attached to an aromatic ring is 1. The second-order valence-corrected chi connectivity index (χ2v) is 4.64. The molecule has 1 aromatic carbocycles. The van der Waals surface area contributed by atoms with E-state index >= 15 is 0 Å². The molecule has 1 aromatic heterocycles. The highest BCUT2D eigenvalue weighted by atomic mass is 32.1. The summed E-state index contributed by atoms with van der Waals surface area (Å²) in [4.78, 5) is 3.95. The minimum Gasteiger partial charge on any atom is -0.375 e. The topological polar surface area (TPSA) is 38.9 Å². The molecule has 0 saturated heterocycles. The van der Waals surface area contributed by atoms with Crippen molar-refractivity contribution in [2.75, 3.05) is 12.4 Å². The predicted molar refractivity (Wildman–Crippen MR) is 57.9 cm³/mol. The lowest BCUT2D eigenvalue weighted by Gasteiger charge is -1.97. The average molecular weight is 214 g/mol. The van der Waals surface area contributed by atoms with Gasteiger partial charge in [-0.25, -0.2) is 9.37 Å². The number of thiazole rings is 1. The quantitative estimate of drug-likeness (QED) is 0.737. The first-order valence-corrected chi connectivity index (χ1v) is 6.06. The van der Waals surface area contributed by atoms with E-state index in [0.717, 1.165) is 10.0 Å². The van der Waals surface area contributed by atoms with Crippen molar-refractivity contribution in [3.63, 3.8) is 0 Å². The van der Waals surface area contributed by atoms with E-state index in [1.165, 1.54) is 17.4 Å². The largest absolute Gasteiger partial charge is 0.375 e. The lowest BCUT2D eigenvalue weighted by atomic mass is 10.3. The fourth-order valence-electron chi connectivity index (χ4n) is 1.19. The van der Waals surface area contributed by atoms with Crippen molar-refractivity contribution in [2.24, 2.45) is 0 Å². The normalized spacial score (nSPS) is 11.8. The van der Waals surface area contributed by atoms with E-state index in [-0.39, 0.29) is 5.82 Å². The molecule has 2 nitrogen and oxygen atoms in total. The van der Waals surface area contributed by atoms with E-state index in [4.69, 9.17) is 5.73 Å². The summed E-state index contributed by atoms with van der Waals surface area (Å²) in [6, 6.07) is 3.25. The third kappa shape index (κ3) is 1.40. The number of anilines is 1. The zero-order valence-electron chi connectivity index (χ0n) is 6.97.